The minimum Gasteiger partial charge on any atom is -0.342 e. The van der Waals surface area contributed by atoms with E-state index in [1.807, 2.05) is 18.2 Å². The summed E-state index contributed by atoms with van der Waals surface area (Å²) in [6.07, 6.45) is 7.03. The van der Waals surface area contributed by atoms with Crippen molar-refractivity contribution in [1.29, 1.82) is 0 Å². The van der Waals surface area contributed by atoms with E-state index in [-0.39, 0.29) is 5.91 Å². The molecule has 0 saturated carbocycles. The number of aryl methyl sites for hydroxylation is 1. The van der Waals surface area contributed by atoms with Crippen LogP contribution in [-0.2, 0) is 10.3 Å². The van der Waals surface area contributed by atoms with Gasteiger partial charge in [-0.1, -0.05) is 78.4 Å². The Balaban J connectivity index is 2.17. The molecule has 2 heteroatoms. The van der Waals surface area contributed by atoms with Gasteiger partial charge in [0.25, 0.3) is 0 Å². The number of allylic oxidation sites excluding steroid dienone is 2. The number of carbonyl (C=O) groups is 1. The van der Waals surface area contributed by atoms with Crippen LogP contribution < -0.4 is 5.32 Å². The third-order valence-electron chi connectivity index (χ3n) is 4.30. The average molecular weight is 303 g/mol. The van der Waals surface area contributed by atoms with E-state index in [0.29, 0.717) is 0 Å². The topological polar surface area (TPSA) is 29.1 Å². The predicted molar refractivity (Wildman–Crippen MR) is 94.8 cm³/mol. The summed E-state index contributed by atoms with van der Waals surface area (Å²) in [6, 6.07) is 18.7. The van der Waals surface area contributed by atoms with Crippen molar-refractivity contribution in [3.63, 3.8) is 0 Å². The quantitative estimate of drug-likeness (QED) is 0.896. The van der Waals surface area contributed by atoms with Crippen LogP contribution >= 0.6 is 0 Å². The van der Waals surface area contributed by atoms with E-state index in [1.165, 1.54) is 5.56 Å². The number of carbonyl (C=O) groups excluding carboxylic acids is 1. The lowest BCUT2D eigenvalue weighted by molar-refractivity contribution is -0.120. The summed E-state index contributed by atoms with van der Waals surface area (Å²) in [6.45, 7) is 3.66. The Morgan fingerprint density at radius 1 is 1.04 bits per heavy atom. The van der Waals surface area contributed by atoms with Gasteiger partial charge in [-0.25, -0.2) is 0 Å². The Hall–Kier alpha value is -2.61. The van der Waals surface area contributed by atoms with Crippen LogP contribution in [-0.4, -0.2) is 5.91 Å². The zero-order valence-corrected chi connectivity index (χ0v) is 13.5. The number of rotatable bonds is 3. The van der Waals surface area contributed by atoms with Crippen molar-refractivity contribution in [2.45, 2.75) is 25.8 Å². The van der Waals surface area contributed by atoms with Crippen LogP contribution in [0.5, 0.6) is 0 Å². The molecule has 2 nitrogen and oxygen atoms in total. The number of hydrogen-bond donors (Lipinski definition) is 1. The Kier molecular flexibility index (Phi) is 4.16. The molecule has 0 spiro atoms. The monoisotopic (exact) mass is 303 g/mol. The second-order valence-corrected chi connectivity index (χ2v) is 6.03. The van der Waals surface area contributed by atoms with E-state index < -0.39 is 5.54 Å². The molecule has 1 aliphatic carbocycles. The molecule has 0 aromatic heterocycles. The van der Waals surface area contributed by atoms with Gasteiger partial charge in [0.05, 0.1) is 5.54 Å². The van der Waals surface area contributed by atoms with Gasteiger partial charge in [0.2, 0.25) is 5.91 Å². The molecule has 0 fully saturated rings. The average Bonchev–Trinajstić information content (AvgIpc) is 2.56. The Morgan fingerprint density at radius 2 is 1.74 bits per heavy atom. The van der Waals surface area contributed by atoms with Gasteiger partial charge in [0.15, 0.2) is 0 Å². The zero-order chi connectivity index (χ0) is 16.3. The van der Waals surface area contributed by atoms with Crippen LogP contribution in [0.1, 0.15) is 30.0 Å². The highest BCUT2D eigenvalue weighted by molar-refractivity contribution is 5.84. The van der Waals surface area contributed by atoms with Crippen molar-refractivity contribution in [2.75, 3.05) is 0 Å². The zero-order valence-electron chi connectivity index (χ0n) is 13.5. The summed E-state index contributed by atoms with van der Waals surface area (Å²) >= 11 is 0. The third-order valence-corrected chi connectivity index (χ3v) is 4.30. The summed E-state index contributed by atoms with van der Waals surface area (Å²) < 4.78 is 0. The van der Waals surface area contributed by atoms with E-state index in [0.717, 1.165) is 23.1 Å². The van der Waals surface area contributed by atoms with Crippen molar-refractivity contribution in [3.05, 3.63) is 89.5 Å². The second-order valence-electron chi connectivity index (χ2n) is 6.03. The molecule has 0 saturated heterocycles. The van der Waals surface area contributed by atoms with E-state index in [2.05, 4.69) is 66.9 Å². The van der Waals surface area contributed by atoms with Gasteiger partial charge in [0.1, 0.15) is 0 Å². The molecule has 116 valence electrons. The smallest absolute Gasteiger partial charge is 0.217 e. The lowest BCUT2D eigenvalue weighted by Crippen LogP contribution is -2.46. The largest absolute Gasteiger partial charge is 0.342 e. The molecule has 0 bridgehead atoms. The van der Waals surface area contributed by atoms with Crippen molar-refractivity contribution in [1.82, 2.24) is 5.32 Å². The van der Waals surface area contributed by atoms with Crippen LogP contribution in [0.2, 0.25) is 0 Å². The van der Waals surface area contributed by atoms with Gasteiger partial charge < -0.3 is 5.32 Å². The summed E-state index contributed by atoms with van der Waals surface area (Å²) in [5, 5.41) is 3.22. The number of amides is 1. The fourth-order valence-corrected chi connectivity index (χ4v) is 3.22. The SMILES string of the molecule is CC(=O)NC1(c2ccccc2)CC=CC=C1c1ccc(C)cc1. The van der Waals surface area contributed by atoms with Crippen molar-refractivity contribution < 1.29 is 4.79 Å². The van der Waals surface area contributed by atoms with Gasteiger partial charge >= 0.3 is 0 Å². The maximum absolute atomic E-state index is 12.0. The minimum absolute atomic E-state index is 0.0258. The molecule has 1 unspecified atom stereocenters. The lowest BCUT2D eigenvalue weighted by atomic mass is 9.74. The van der Waals surface area contributed by atoms with E-state index in [1.54, 1.807) is 6.92 Å². The van der Waals surface area contributed by atoms with Crippen LogP contribution in [0.3, 0.4) is 0 Å². The summed E-state index contributed by atoms with van der Waals surface area (Å²) in [5.41, 5.74) is 4.08. The molecule has 3 rings (SSSR count). The first-order valence-electron chi connectivity index (χ1n) is 7.90. The lowest BCUT2D eigenvalue weighted by Gasteiger charge is -2.38. The molecule has 0 aliphatic heterocycles. The molecule has 2 aromatic carbocycles. The van der Waals surface area contributed by atoms with Gasteiger partial charge in [-0.2, -0.15) is 0 Å². The molecule has 1 N–H and O–H groups in total. The number of benzene rings is 2. The summed E-state index contributed by atoms with van der Waals surface area (Å²) in [5.74, 6) is -0.0258. The van der Waals surface area contributed by atoms with E-state index >= 15 is 0 Å². The maximum atomic E-state index is 12.0. The number of hydrogen-bond acceptors (Lipinski definition) is 1. The maximum Gasteiger partial charge on any atom is 0.217 e. The first-order valence-corrected chi connectivity index (χ1v) is 7.90. The highest BCUT2D eigenvalue weighted by Gasteiger charge is 2.37. The highest BCUT2D eigenvalue weighted by atomic mass is 16.1. The van der Waals surface area contributed by atoms with E-state index in [9.17, 15) is 4.79 Å². The molecule has 1 amide bonds. The molecule has 23 heavy (non-hydrogen) atoms. The molecule has 0 heterocycles. The Morgan fingerprint density at radius 3 is 2.39 bits per heavy atom. The molecule has 1 atom stereocenters. The second kappa shape index (κ2) is 6.25. The molecule has 2 aromatic rings. The number of nitrogens with one attached hydrogen (secondary N) is 1. The van der Waals surface area contributed by atoms with Crippen LogP contribution in [0.4, 0.5) is 0 Å². The highest BCUT2D eigenvalue weighted by Crippen LogP contribution is 2.41. The van der Waals surface area contributed by atoms with Gasteiger partial charge in [-0.3, -0.25) is 4.79 Å². The molecular weight excluding hydrogens is 282 g/mol. The molecule has 1 aliphatic rings. The fraction of sp³-hybridized carbons (Fsp3) is 0.190. The first-order chi connectivity index (χ1) is 11.1. The van der Waals surface area contributed by atoms with Gasteiger partial charge in [-0.15, -0.1) is 0 Å². The fourth-order valence-electron chi connectivity index (χ4n) is 3.22. The molecule has 0 radical (unpaired) electrons. The standard InChI is InChI=1S/C21H21NO/c1-16-11-13-18(14-12-16)20-10-6-7-15-21(20,22-17(2)23)19-8-4-3-5-9-19/h3-14H,15H2,1-2H3,(H,22,23). The van der Waals surface area contributed by atoms with Crippen LogP contribution in [0.25, 0.3) is 5.57 Å². The minimum atomic E-state index is -0.517. The van der Waals surface area contributed by atoms with Crippen LogP contribution in [0, 0.1) is 6.92 Å². The van der Waals surface area contributed by atoms with E-state index in [4.69, 9.17) is 0 Å². The summed E-state index contributed by atoms with van der Waals surface area (Å²) in [7, 11) is 0. The normalized spacial score (nSPS) is 20.0. The molecular formula is C21H21NO. The summed E-state index contributed by atoms with van der Waals surface area (Å²) in [4.78, 5) is 12.0. The Bertz CT molecular complexity index is 756. The Labute approximate surface area is 137 Å². The van der Waals surface area contributed by atoms with Crippen molar-refractivity contribution >= 4 is 11.5 Å². The van der Waals surface area contributed by atoms with Gasteiger partial charge in [0, 0.05) is 6.92 Å². The van der Waals surface area contributed by atoms with Gasteiger partial charge in [-0.05, 0) is 30.0 Å². The first kappa shape index (κ1) is 15.3. The van der Waals surface area contributed by atoms with Crippen molar-refractivity contribution in [3.8, 4) is 0 Å². The third kappa shape index (κ3) is 2.98. The predicted octanol–water partition coefficient (Wildman–Crippen LogP) is 4.37. The van der Waals surface area contributed by atoms with Crippen molar-refractivity contribution in [2.24, 2.45) is 0 Å². The van der Waals surface area contributed by atoms with Crippen LogP contribution in [0.15, 0.2) is 72.8 Å².